The summed E-state index contributed by atoms with van der Waals surface area (Å²) in [5.41, 5.74) is 0.826. The first kappa shape index (κ1) is 14.4. The summed E-state index contributed by atoms with van der Waals surface area (Å²) in [4.78, 5) is 10.6. The van der Waals surface area contributed by atoms with Gasteiger partial charge in [0.2, 0.25) is 0 Å². The van der Waals surface area contributed by atoms with E-state index >= 15 is 0 Å². The molecule has 2 aromatic rings. The number of thioether (sulfide) groups is 1. The highest BCUT2D eigenvalue weighted by Crippen LogP contribution is 2.28. The van der Waals surface area contributed by atoms with E-state index in [1.165, 1.54) is 0 Å². The van der Waals surface area contributed by atoms with E-state index in [2.05, 4.69) is 26.1 Å². The maximum Gasteiger partial charge on any atom is 0.313 e. The van der Waals surface area contributed by atoms with E-state index in [4.69, 9.17) is 16.7 Å². The molecule has 8 heteroatoms. The molecule has 0 fully saturated rings. The molecule has 19 heavy (non-hydrogen) atoms. The van der Waals surface area contributed by atoms with Crippen molar-refractivity contribution in [3.8, 4) is 5.69 Å². The number of aryl methyl sites for hydroxylation is 1. The Morgan fingerprint density at radius 3 is 2.89 bits per heavy atom. The highest BCUT2D eigenvalue weighted by atomic mass is 79.9. The van der Waals surface area contributed by atoms with Crippen LogP contribution in [0.2, 0.25) is 5.02 Å². The third kappa shape index (κ3) is 3.29. The van der Waals surface area contributed by atoms with Crippen LogP contribution in [0.25, 0.3) is 5.69 Å². The highest BCUT2D eigenvalue weighted by molar-refractivity contribution is 9.10. The molecule has 0 amide bonds. The number of carboxylic acids is 1. The number of halogens is 2. The second-order valence-electron chi connectivity index (χ2n) is 3.65. The van der Waals surface area contributed by atoms with Crippen molar-refractivity contribution in [2.24, 2.45) is 0 Å². The van der Waals surface area contributed by atoms with Crippen LogP contribution in [0.5, 0.6) is 0 Å². The van der Waals surface area contributed by atoms with E-state index in [0.29, 0.717) is 16.0 Å². The molecule has 0 bridgehead atoms. The Bertz CT molecular complexity index is 632. The van der Waals surface area contributed by atoms with Crippen molar-refractivity contribution in [1.29, 1.82) is 0 Å². The molecular formula is C11H9BrClN3O2S. The van der Waals surface area contributed by atoms with E-state index in [9.17, 15) is 4.79 Å². The van der Waals surface area contributed by atoms with Gasteiger partial charge in [0.1, 0.15) is 5.82 Å². The first-order valence-corrected chi connectivity index (χ1v) is 7.36. The minimum Gasteiger partial charge on any atom is -0.481 e. The van der Waals surface area contributed by atoms with Gasteiger partial charge in [-0.15, -0.1) is 10.2 Å². The van der Waals surface area contributed by atoms with Crippen LogP contribution in [0.15, 0.2) is 27.8 Å². The molecule has 100 valence electrons. The normalized spacial score (nSPS) is 10.7. The molecule has 5 nitrogen and oxygen atoms in total. The van der Waals surface area contributed by atoms with Gasteiger partial charge in [0, 0.05) is 4.47 Å². The number of carboxylic acid groups (broad SMARTS) is 1. The fourth-order valence-corrected chi connectivity index (χ4v) is 2.69. The van der Waals surface area contributed by atoms with Crippen LogP contribution in [0.3, 0.4) is 0 Å². The third-order valence-electron chi connectivity index (χ3n) is 2.28. The molecule has 0 spiro atoms. The third-order valence-corrected chi connectivity index (χ3v) is 4.41. The van der Waals surface area contributed by atoms with E-state index < -0.39 is 5.97 Å². The predicted octanol–water partition coefficient (Wildman–Crippen LogP) is 3.17. The molecule has 1 aromatic carbocycles. The van der Waals surface area contributed by atoms with Gasteiger partial charge in [-0.2, -0.15) is 0 Å². The Morgan fingerprint density at radius 1 is 1.53 bits per heavy atom. The number of hydrogen-bond donors (Lipinski definition) is 1. The first-order valence-electron chi connectivity index (χ1n) is 5.21. The average Bonchev–Trinajstić information content (AvgIpc) is 2.71. The maximum atomic E-state index is 10.6. The summed E-state index contributed by atoms with van der Waals surface area (Å²) in [7, 11) is 0. The molecule has 0 aliphatic carbocycles. The number of aromatic nitrogens is 3. The number of hydrogen-bond acceptors (Lipinski definition) is 4. The van der Waals surface area contributed by atoms with E-state index in [1.807, 2.05) is 12.1 Å². The molecule has 0 aliphatic heterocycles. The molecule has 1 N–H and O–H groups in total. The summed E-state index contributed by atoms with van der Waals surface area (Å²) in [6.07, 6.45) is 0. The smallest absolute Gasteiger partial charge is 0.313 e. The Hall–Kier alpha value is -1.05. The minimum absolute atomic E-state index is 0.0626. The van der Waals surface area contributed by atoms with Crippen LogP contribution in [-0.4, -0.2) is 31.6 Å². The minimum atomic E-state index is -0.894. The van der Waals surface area contributed by atoms with Crippen molar-refractivity contribution in [3.05, 3.63) is 33.5 Å². The lowest BCUT2D eigenvalue weighted by Crippen LogP contribution is -2.03. The molecule has 0 atom stereocenters. The molecule has 0 aliphatic rings. The van der Waals surface area contributed by atoms with E-state index in [-0.39, 0.29) is 5.75 Å². The van der Waals surface area contributed by atoms with Crippen LogP contribution >= 0.6 is 39.3 Å². The summed E-state index contributed by atoms with van der Waals surface area (Å²) < 4.78 is 2.54. The zero-order valence-corrected chi connectivity index (χ0v) is 13.0. The van der Waals surface area contributed by atoms with Crippen molar-refractivity contribution in [2.45, 2.75) is 12.1 Å². The molecule has 1 aromatic heterocycles. The number of carbonyl (C=O) groups is 1. The summed E-state index contributed by atoms with van der Waals surface area (Å²) in [6.45, 7) is 1.81. The summed E-state index contributed by atoms with van der Waals surface area (Å²) >= 11 is 10.4. The van der Waals surface area contributed by atoms with Gasteiger partial charge in [-0.3, -0.25) is 9.36 Å². The van der Waals surface area contributed by atoms with Crippen molar-refractivity contribution >= 4 is 45.3 Å². The summed E-state index contributed by atoms with van der Waals surface area (Å²) in [5.74, 6) is -0.274. The Balaban J connectivity index is 2.40. The molecular weight excluding hydrogens is 354 g/mol. The SMILES string of the molecule is Cc1nnc(SCC(=O)O)n1-c1ccc(Cl)c(Br)c1. The average molecular weight is 363 g/mol. The van der Waals surface area contributed by atoms with Crippen molar-refractivity contribution in [2.75, 3.05) is 5.75 Å². The Morgan fingerprint density at radius 2 is 2.26 bits per heavy atom. The van der Waals surface area contributed by atoms with Crippen LogP contribution in [0.4, 0.5) is 0 Å². The van der Waals surface area contributed by atoms with Crippen LogP contribution in [0.1, 0.15) is 5.82 Å². The predicted molar refractivity (Wildman–Crippen MR) is 77.2 cm³/mol. The van der Waals surface area contributed by atoms with Gasteiger partial charge in [-0.1, -0.05) is 23.4 Å². The van der Waals surface area contributed by atoms with Gasteiger partial charge >= 0.3 is 5.97 Å². The van der Waals surface area contributed by atoms with Crippen LogP contribution < -0.4 is 0 Å². The van der Waals surface area contributed by atoms with Crippen LogP contribution in [-0.2, 0) is 4.79 Å². The zero-order chi connectivity index (χ0) is 14.0. The highest BCUT2D eigenvalue weighted by Gasteiger charge is 2.13. The number of nitrogens with zero attached hydrogens (tertiary/aromatic N) is 3. The fraction of sp³-hybridized carbons (Fsp3) is 0.182. The second kappa shape index (κ2) is 5.94. The number of benzene rings is 1. The Labute approximate surface area is 127 Å². The van der Waals surface area contributed by atoms with Crippen molar-refractivity contribution in [3.63, 3.8) is 0 Å². The van der Waals surface area contributed by atoms with Gasteiger partial charge in [-0.05, 0) is 41.1 Å². The molecule has 0 unspecified atom stereocenters. The standard InChI is InChI=1S/C11H9BrClN3O2S/c1-6-14-15-11(19-5-10(17)18)16(6)7-2-3-9(13)8(12)4-7/h2-4H,5H2,1H3,(H,17,18). The largest absolute Gasteiger partial charge is 0.481 e. The van der Waals surface area contributed by atoms with E-state index in [0.717, 1.165) is 21.9 Å². The molecule has 1 heterocycles. The first-order chi connectivity index (χ1) is 8.99. The summed E-state index contributed by atoms with van der Waals surface area (Å²) in [5, 5.41) is 17.8. The number of aliphatic carboxylic acids is 1. The van der Waals surface area contributed by atoms with Crippen molar-refractivity contribution < 1.29 is 9.90 Å². The van der Waals surface area contributed by atoms with Gasteiger partial charge in [0.25, 0.3) is 0 Å². The fourth-order valence-electron chi connectivity index (χ4n) is 1.48. The maximum absolute atomic E-state index is 10.6. The van der Waals surface area contributed by atoms with Gasteiger partial charge in [0.15, 0.2) is 5.16 Å². The van der Waals surface area contributed by atoms with Gasteiger partial charge < -0.3 is 5.11 Å². The molecule has 0 saturated heterocycles. The van der Waals surface area contributed by atoms with Gasteiger partial charge in [-0.25, -0.2) is 0 Å². The van der Waals surface area contributed by atoms with Gasteiger partial charge in [0.05, 0.1) is 16.5 Å². The zero-order valence-electron chi connectivity index (χ0n) is 9.80. The van der Waals surface area contributed by atoms with Crippen molar-refractivity contribution in [1.82, 2.24) is 14.8 Å². The Kier molecular flexibility index (Phi) is 4.49. The quantitative estimate of drug-likeness (QED) is 0.846. The molecule has 2 rings (SSSR count). The summed E-state index contributed by atoms with van der Waals surface area (Å²) in [6, 6.07) is 5.42. The monoisotopic (exact) mass is 361 g/mol. The lowest BCUT2D eigenvalue weighted by Gasteiger charge is -2.08. The lowest BCUT2D eigenvalue weighted by atomic mass is 10.3. The second-order valence-corrected chi connectivity index (χ2v) is 5.85. The molecule has 0 radical (unpaired) electrons. The number of rotatable bonds is 4. The van der Waals surface area contributed by atoms with Crippen LogP contribution in [0, 0.1) is 6.92 Å². The lowest BCUT2D eigenvalue weighted by molar-refractivity contribution is -0.133. The molecule has 0 saturated carbocycles. The van der Waals surface area contributed by atoms with E-state index in [1.54, 1.807) is 17.6 Å². The topological polar surface area (TPSA) is 68.0 Å².